The molecule has 1 saturated heterocycles. The zero-order valence-corrected chi connectivity index (χ0v) is 16.0. The first-order chi connectivity index (χ1) is 12.7. The van der Waals surface area contributed by atoms with Gasteiger partial charge in [-0.25, -0.2) is 0 Å². The summed E-state index contributed by atoms with van der Waals surface area (Å²) in [4.78, 5) is 12.8. The fraction of sp³-hybridized carbons (Fsp3) is 0.353. The van der Waals surface area contributed by atoms with Crippen molar-refractivity contribution in [1.82, 2.24) is 18.8 Å². The fourth-order valence-corrected chi connectivity index (χ4v) is 4.39. The van der Waals surface area contributed by atoms with Gasteiger partial charge in [0.2, 0.25) is 5.91 Å². The third-order valence-corrected chi connectivity index (χ3v) is 6.17. The van der Waals surface area contributed by atoms with E-state index >= 15 is 0 Å². The van der Waals surface area contributed by atoms with Crippen LogP contribution in [0.15, 0.2) is 30.5 Å². The van der Waals surface area contributed by atoms with E-state index in [9.17, 15) is 13.2 Å². The molecule has 2 N–H and O–H groups in total. The van der Waals surface area contributed by atoms with Gasteiger partial charge in [0.15, 0.2) is 0 Å². The number of aromatic nitrogens is 2. The number of aryl methyl sites for hydroxylation is 2. The summed E-state index contributed by atoms with van der Waals surface area (Å²) < 4.78 is 30.3. The lowest BCUT2D eigenvalue weighted by atomic mass is 10.00. The highest BCUT2D eigenvalue weighted by molar-refractivity contribution is 7.87. The summed E-state index contributed by atoms with van der Waals surface area (Å²) in [5.74, 6) is -0.432. The molecule has 2 heterocycles. The van der Waals surface area contributed by atoms with Gasteiger partial charge in [-0.3, -0.25) is 9.48 Å². The molecule has 142 valence electrons. The number of hydrogen-bond acceptors (Lipinski definition) is 5. The third kappa shape index (κ3) is 3.85. The Kier molecular flexibility index (Phi) is 5.01. The second-order valence-electron chi connectivity index (χ2n) is 6.47. The van der Waals surface area contributed by atoms with Crippen molar-refractivity contribution in [3.8, 4) is 6.07 Å². The second kappa shape index (κ2) is 7.11. The van der Waals surface area contributed by atoms with E-state index in [2.05, 4.69) is 15.1 Å². The zero-order valence-electron chi connectivity index (χ0n) is 15.2. The number of nitrogens with zero attached hydrogens (tertiary/aromatic N) is 4. The van der Waals surface area contributed by atoms with Crippen LogP contribution in [0.5, 0.6) is 0 Å². The second-order valence-corrected chi connectivity index (χ2v) is 8.23. The summed E-state index contributed by atoms with van der Waals surface area (Å²) in [6, 6.07) is 6.96. The molecule has 0 spiro atoms. The minimum Gasteiger partial charge on any atom is -0.325 e. The van der Waals surface area contributed by atoms with Crippen LogP contribution in [0.2, 0.25) is 0 Å². The highest BCUT2D eigenvalue weighted by atomic mass is 32.2. The van der Waals surface area contributed by atoms with Crippen molar-refractivity contribution in [2.75, 3.05) is 12.4 Å². The molecule has 9 nitrogen and oxygen atoms in total. The molecule has 1 aromatic heterocycles. The Balaban J connectivity index is 1.84. The standard InChI is InChI=1S/C17H20N6O3S/c1-11-14(10-22(2)20-11)15-8-16(23(3)27(25,26)21-15)17(24)19-13-6-4-12(9-18)5-7-13/h4-7,10,15-16,21H,8H2,1-3H3,(H,19,24). The van der Waals surface area contributed by atoms with Crippen LogP contribution in [0.3, 0.4) is 0 Å². The maximum Gasteiger partial charge on any atom is 0.280 e. The van der Waals surface area contributed by atoms with Crippen LogP contribution < -0.4 is 10.0 Å². The SMILES string of the molecule is Cc1nn(C)cc1C1CC(C(=O)Nc2ccc(C#N)cc2)N(C)S(=O)(=O)N1. The summed E-state index contributed by atoms with van der Waals surface area (Å²) >= 11 is 0. The van der Waals surface area contributed by atoms with Crippen molar-refractivity contribution in [1.29, 1.82) is 5.26 Å². The summed E-state index contributed by atoms with van der Waals surface area (Å²) in [5.41, 5.74) is 2.42. The Morgan fingerprint density at radius 2 is 2.00 bits per heavy atom. The molecular weight excluding hydrogens is 368 g/mol. The Morgan fingerprint density at radius 1 is 1.33 bits per heavy atom. The first-order valence-electron chi connectivity index (χ1n) is 8.27. The molecule has 3 rings (SSSR count). The smallest absolute Gasteiger partial charge is 0.280 e. The van der Waals surface area contributed by atoms with E-state index in [0.717, 1.165) is 9.87 Å². The lowest BCUT2D eigenvalue weighted by Crippen LogP contribution is -2.56. The minimum absolute atomic E-state index is 0.268. The number of carbonyl (C=O) groups excluding carboxylic acids is 1. The van der Waals surface area contributed by atoms with E-state index in [0.29, 0.717) is 16.9 Å². The number of benzene rings is 1. The van der Waals surface area contributed by atoms with Gasteiger partial charge in [0.25, 0.3) is 10.2 Å². The molecule has 1 aliphatic rings. The van der Waals surface area contributed by atoms with Crippen LogP contribution in [-0.2, 0) is 22.1 Å². The molecule has 0 radical (unpaired) electrons. The van der Waals surface area contributed by atoms with Gasteiger partial charge < -0.3 is 5.32 Å². The van der Waals surface area contributed by atoms with Crippen molar-refractivity contribution >= 4 is 21.8 Å². The van der Waals surface area contributed by atoms with Gasteiger partial charge in [0.1, 0.15) is 6.04 Å². The van der Waals surface area contributed by atoms with Crippen LogP contribution in [-0.4, -0.2) is 41.5 Å². The number of likely N-dealkylation sites (N-methyl/N-ethyl adjacent to an activating group) is 1. The van der Waals surface area contributed by atoms with E-state index in [1.54, 1.807) is 49.1 Å². The van der Waals surface area contributed by atoms with Crippen LogP contribution in [0.25, 0.3) is 0 Å². The molecule has 2 aromatic rings. The summed E-state index contributed by atoms with van der Waals surface area (Å²) in [7, 11) is -0.689. The van der Waals surface area contributed by atoms with Gasteiger partial charge >= 0.3 is 0 Å². The largest absolute Gasteiger partial charge is 0.325 e. The summed E-state index contributed by atoms with van der Waals surface area (Å²) in [5, 5.41) is 15.8. The Labute approximate surface area is 157 Å². The van der Waals surface area contributed by atoms with Gasteiger partial charge in [-0.05, 0) is 37.6 Å². The van der Waals surface area contributed by atoms with Crippen LogP contribution in [0.1, 0.15) is 29.3 Å². The molecule has 0 bridgehead atoms. The van der Waals surface area contributed by atoms with Gasteiger partial charge in [-0.1, -0.05) is 0 Å². The molecule has 0 saturated carbocycles. The predicted molar refractivity (Wildman–Crippen MR) is 98.7 cm³/mol. The number of nitriles is 1. The number of rotatable bonds is 3. The molecule has 2 atom stereocenters. The molecule has 1 aromatic carbocycles. The average molecular weight is 388 g/mol. The van der Waals surface area contributed by atoms with Crippen molar-refractivity contribution in [2.45, 2.75) is 25.4 Å². The number of carbonyl (C=O) groups is 1. The van der Waals surface area contributed by atoms with Crippen LogP contribution in [0, 0.1) is 18.3 Å². The molecular formula is C17H20N6O3S. The number of hydrogen-bond donors (Lipinski definition) is 2. The van der Waals surface area contributed by atoms with E-state index in [1.807, 2.05) is 6.07 Å². The monoisotopic (exact) mass is 388 g/mol. The molecule has 1 aliphatic heterocycles. The lowest BCUT2D eigenvalue weighted by molar-refractivity contribution is -0.120. The molecule has 10 heteroatoms. The summed E-state index contributed by atoms with van der Waals surface area (Å²) in [6.07, 6.45) is 2.02. The topological polar surface area (TPSA) is 120 Å². The minimum atomic E-state index is -3.82. The van der Waals surface area contributed by atoms with Gasteiger partial charge in [0, 0.05) is 31.5 Å². The van der Waals surface area contributed by atoms with Gasteiger partial charge in [-0.15, -0.1) is 0 Å². The average Bonchev–Trinajstić information content (AvgIpc) is 2.96. The van der Waals surface area contributed by atoms with Crippen molar-refractivity contribution in [3.63, 3.8) is 0 Å². The maximum atomic E-state index is 12.8. The van der Waals surface area contributed by atoms with Gasteiger partial charge in [0.05, 0.1) is 23.4 Å². The Bertz CT molecular complexity index is 1010. The first kappa shape index (κ1) is 19.0. The summed E-state index contributed by atoms with van der Waals surface area (Å²) in [6.45, 7) is 1.80. The van der Waals surface area contributed by atoms with Crippen molar-refractivity contribution < 1.29 is 13.2 Å². The lowest BCUT2D eigenvalue weighted by Gasteiger charge is -2.36. The first-order valence-corrected chi connectivity index (χ1v) is 9.71. The highest BCUT2D eigenvalue weighted by Crippen LogP contribution is 2.29. The predicted octanol–water partition coefficient (Wildman–Crippen LogP) is 0.819. The number of amides is 1. The third-order valence-electron chi connectivity index (χ3n) is 4.58. The van der Waals surface area contributed by atoms with E-state index < -0.39 is 28.2 Å². The highest BCUT2D eigenvalue weighted by Gasteiger charge is 2.41. The number of nitrogens with one attached hydrogen (secondary N) is 2. The van der Waals surface area contributed by atoms with Crippen LogP contribution in [0.4, 0.5) is 5.69 Å². The molecule has 1 amide bonds. The maximum absolute atomic E-state index is 12.8. The van der Waals surface area contributed by atoms with Crippen molar-refractivity contribution in [2.24, 2.45) is 7.05 Å². The number of anilines is 1. The van der Waals surface area contributed by atoms with Gasteiger partial charge in [-0.2, -0.15) is 27.8 Å². The van der Waals surface area contributed by atoms with Crippen molar-refractivity contribution in [3.05, 3.63) is 47.3 Å². The molecule has 1 fully saturated rings. The van der Waals surface area contributed by atoms with E-state index in [4.69, 9.17) is 5.26 Å². The Hall–Kier alpha value is -2.74. The van der Waals surface area contributed by atoms with E-state index in [-0.39, 0.29) is 6.42 Å². The van der Waals surface area contributed by atoms with Crippen LogP contribution >= 0.6 is 0 Å². The Morgan fingerprint density at radius 3 is 2.56 bits per heavy atom. The fourth-order valence-electron chi connectivity index (χ4n) is 3.13. The normalized spacial score (nSPS) is 22.1. The zero-order chi connectivity index (χ0) is 19.8. The molecule has 27 heavy (non-hydrogen) atoms. The van der Waals surface area contributed by atoms with E-state index in [1.165, 1.54) is 7.05 Å². The molecule has 0 aliphatic carbocycles. The molecule has 2 unspecified atom stereocenters. The quantitative estimate of drug-likeness (QED) is 0.806.